The first kappa shape index (κ1) is 13.6. The van der Waals surface area contributed by atoms with Crippen molar-refractivity contribution in [3.63, 3.8) is 0 Å². The number of carboxylic acids is 1. The number of carbonyl (C=O) groups excluding carboxylic acids is 1. The minimum atomic E-state index is -0.985. The summed E-state index contributed by atoms with van der Waals surface area (Å²) in [7, 11) is 1.80. The van der Waals surface area contributed by atoms with Crippen molar-refractivity contribution >= 4 is 11.9 Å². The third-order valence-electron chi connectivity index (χ3n) is 3.90. The summed E-state index contributed by atoms with van der Waals surface area (Å²) in [5.41, 5.74) is 0.790. The predicted octanol–water partition coefficient (Wildman–Crippen LogP) is 2.18. The first-order chi connectivity index (χ1) is 9.00. The molecule has 19 heavy (non-hydrogen) atoms. The number of rotatable bonds is 5. The monoisotopic (exact) mass is 261 g/mol. The molecule has 4 nitrogen and oxygen atoms in total. The van der Waals surface area contributed by atoms with Gasteiger partial charge in [0.1, 0.15) is 0 Å². The lowest BCUT2D eigenvalue weighted by atomic mass is 10.0. The average Bonchev–Trinajstić information content (AvgIpc) is 3.21. The normalized spacial score (nSPS) is 15.9. The molecule has 0 aromatic heterocycles. The summed E-state index contributed by atoms with van der Waals surface area (Å²) in [5, 5.41) is 9.10. The maximum atomic E-state index is 12.2. The molecule has 0 aliphatic heterocycles. The van der Waals surface area contributed by atoms with Crippen LogP contribution >= 0.6 is 0 Å². The molecule has 102 valence electrons. The fourth-order valence-corrected chi connectivity index (χ4v) is 2.29. The molecule has 1 aromatic carbocycles. The molecular formula is C15H19NO3. The summed E-state index contributed by atoms with van der Waals surface area (Å²) in [5.74, 6) is -0.391. The number of carbonyl (C=O) groups is 2. The lowest BCUT2D eigenvalue weighted by molar-refractivity contribution is -0.131. The van der Waals surface area contributed by atoms with E-state index in [9.17, 15) is 9.59 Å². The second-order valence-corrected chi connectivity index (χ2v) is 5.22. The van der Waals surface area contributed by atoms with Gasteiger partial charge in [0.15, 0.2) is 0 Å². The van der Waals surface area contributed by atoms with Crippen LogP contribution in [0.1, 0.15) is 35.7 Å². The van der Waals surface area contributed by atoms with E-state index in [-0.39, 0.29) is 23.9 Å². The van der Waals surface area contributed by atoms with Gasteiger partial charge in [-0.15, -0.1) is 0 Å². The first-order valence-electron chi connectivity index (χ1n) is 6.57. The minimum Gasteiger partial charge on any atom is -0.478 e. The van der Waals surface area contributed by atoms with E-state index in [0.717, 1.165) is 0 Å². The molecule has 1 amide bonds. The number of hydrogen-bond acceptors (Lipinski definition) is 2. The van der Waals surface area contributed by atoms with E-state index in [0.29, 0.717) is 11.5 Å². The van der Waals surface area contributed by atoms with Crippen LogP contribution in [0.15, 0.2) is 24.3 Å². The van der Waals surface area contributed by atoms with Gasteiger partial charge in [0.2, 0.25) is 5.91 Å². The molecule has 1 aliphatic rings. The number of aromatic carboxylic acids is 1. The van der Waals surface area contributed by atoms with Crippen LogP contribution in [0.5, 0.6) is 0 Å². The highest BCUT2D eigenvalue weighted by Gasteiger charge is 2.32. The Hall–Kier alpha value is -1.84. The fraction of sp³-hybridized carbons (Fsp3) is 0.467. The second-order valence-electron chi connectivity index (χ2n) is 5.22. The van der Waals surface area contributed by atoms with Gasteiger partial charge >= 0.3 is 5.97 Å². The Morgan fingerprint density at radius 1 is 1.37 bits per heavy atom. The zero-order valence-corrected chi connectivity index (χ0v) is 11.3. The van der Waals surface area contributed by atoms with E-state index < -0.39 is 5.97 Å². The molecule has 1 unspecified atom stereocenters. The number of nitrogens with zero attached hydrogens (tertiary/aromatic N) is 1. The summed E-state index contributed by atoms with van der Waals surface area (Å²) in [6, 6.07) is 6.92. The summed E-state index contributed by atoms with van der Waals surface area (Å²) in [4.78, 5) is 25.0. The Balaban J connectivity index is 2.08. The van der Waals surface area contributed by atoms with Gasteiger partial charge in [-0.05, 0) is 37.3 Å². The Kier molecular flexibility index (Phi) is 3.88. The maximum Gasteiger partial charge on any atom is 0.335 e. The van der Waals surface area contributed by atoms with Crippen molar-refractivity contribution in [2.45, 2.75) is 32.2 Å². The summed E-state index contributed by atoms with van der Waals surface area (Å²) in [6.07, 6.45) is 2.52. The highest BCUT2D eigenvalue weighted by molar-refractivity contribution is 5.91. The molecule has 0 saturated heterocycles. The van der Waals surface area contributed by atoms with E-state index in [2.05, 4.69) is 6.92 Å². The lowest BCUT2D eigenvalue weighted by Crippen LogP contribution is -2.37. The van der Waals surface area contributed by atoms with Crippen LogP contribution in [0.4, 0.5) is 0 Å². The van der Waals surface area contributed by atoms with Gasteiger partial charge in [0, 0.05) is 13.1 Å². The summed E-state index contributed by atoms with van der Waals surface area (Å²) < 4.78 is 0. The van der Waals surface area contributed by atoms with Crippen LogP contribution in [0.25, 0.3) is 0 Å². The third-order valence-corrected chi connectivity index (χ3v) is 3.90. The van der Waals surface area contributed by atoms with Crippen LogP contribution in [-0.2, 0) is 11.2 Å². The number of hydrogen-bond donors (Lipinski definition) is 1. The Morgan fingerprint density at radius 3 is 2.58 bits per heavy atom. The molecule has 1 N–H and O–H groups in total. The van der Waals surface area contributed by atoms with Gasteiger partial charge in [-0.1, -0.05) is 18.2 Å². The Morgan fingerprint density at radius 2 is 2.00 bits per heavy atom. The van der Waals surface area contributed by atoms with Crippen molar-refractivity contribution in [3.8, 4) is 0 Å². The largest absolute Gasteiger partial charge is 0.478 e. The van der Waals surface area contributed by atoms with Crippen molar-refractivity contribution in [2.24, 2.45) is 5.92 Å². The molecule has 0 radical (unpaired) electrons. The van der Waals surface area contributed by atoms with E-state index in [1.807, 2.05) is 0 Å². The predicted molar refractivity (Wildman–Crippen MR) is 72.1 cm³/mol. The van der Waals surface area contributed by atoms with E-state index >= 15 is 0 Å². The second kappa shape index (κ2) is 5.43. The van der Waals surface area contributed by atoms with Crippen LogP contribution in [0, 0.1) is 5.92 Å². The number of likely N-dealkylation sites (N-methyl/N-ethyl adjacent to an activating group) is 1. The van der Waals surface area contributed by atoms with Crippen LogP contribution < -0.4 is 0 Å². The summed E-state index contributed by atoms with van der Waals surface area (Å²) in [6.45, 7) is 2.05. The molecule has 1 aliphatic carbocycles. The van der Waals surface area contributed by atoms with Gasteiger partial charge in [-0.3, -0.25) is 4.79 Å². The Bertz CT molecular complexity index is 494. The van der Waals surface area contributed by atoms with Crippen molar-refractivity contribution < 1.29 is 14.7 Å². The standard InChI is InChI=1S/C15H19NO3/c1-10(11-7-8-11)16(2)14(17)9-12-5-3-4-6-13(12)15(18)19/h3-6,10-11H,7-9H2,1-2H3,(H,18,19). The van der Waals surface area contributed by atoms with Gasteiger partial charge in [0.05, 0.1) is 12.0 Å². The minimum absolute atomic E-state index is 0.0203. The van der Waals surface area contributed by atoms with Gasteiger partial charge in [0.25, 0.3) is 0 Å². The van der Waals surface area contributed by atoms with Gasteiger partial charge in [-0.25, -0.2) is 4.79 Å². The molecule has 1 fully saturated rings. The fourth-order valence-electron chi connectivity index (χ4n) is 2.29. The molecule has 0 heterocycles. The quantitative estimate of drug-likeness (QED) is 0.883. The molecule has 0 bridgehead atoms. The van der Waals surface area contributed by atoms with E-state index in [1.165, 1.54) is 18.9 Å². The SMILES string of the molecule is CC(C1CC1)N(C)C(=O)Cc1ccccc1C(=O)O. The topological polar surface area (TPSA) is 57.6 Å². The van der Waals surface area contributed by atoms with Crippen molar-refractivity contribution in [1.29, 1.82) is 0 Å². The maximum absolute atomic E-state index is 12.2. The molecule has 1 saturated carbocycles. The smallest absolute Gasteiger partial charge is 0.335 e. The van der Waals surface area contributed by atoms with Crippen molar-refractivity contribution in [3.05, 3.63) is 35.4 Å². The number of benzene rings is 1. The lowest BCUT2D eigenvalue weighted by Gasteiger charge is -2.25. The molecular weight excluding hydrogens is 242 g/mol. The molecule has 0 spiro atoms. The van der Waals surface area contributed by atoms with Crippen LogP contribution in [0.2, 0.25) is 0 Å². The summed E-state index contributed by atoms with van der Waals surface area (Å²) >= 11 is 0. The molecule has 2 rings (SSSR count). The van der Waals surface area contributed by atoms with Crippen molar-refractivity contribution in [2.75, 3.05) is 7.05 Å². The highest BCUT2D eigenvalue weighted by atomic mass is 16.4. The average molecular weight is 261 g/mol. The van der Waals surface area contributed by atoms with Gasteiger partial charge < -0.3 is 10.0 Å². The molecule has 1 atom stereocenters. The van der Waals surface area contributed by atoms with E-state index in [1.54, 1.807) is 30.1 Å². The first-order valence-corrected chi connectivity index (χ1v) is 6.57. The van der Waals surface area contributed by atoms with Crippen LogP contribution in [0.3, 0.4) is 0 Å². The highest BCUT2D eigenvalue weighted by Crippen LogP contribution is 2.34. The number of amides is 1. The zero-order chi connectivity index (χ0) is 14.0. The van der Waals surface area contributed by atoms with E-state index in [4.69, 9.17) is 5.11 Å². The third kappa shape index (κ3) is 3.13. The van der Waals surface area contributed by atoms with Crippen molar-refractivity contribution in [1.82, 2.24) is 4.90 Å². The molecule has 1 aromatic rings. The van der Waals surface area contributed by atoms with Crippen LogP contribution in [-0.4, -0.2) is 35.0 Å². The van der Waals surface area contributed by atoms with Gasteiger partial charge in [-0.2, -0.15) is 0 Å². The zero-order valence-electron chi connectivity index (χ0n) is 11.3. The molecule has 4 heteroatoms. The Labute approximate surface area is 113 Å². The number of carboxylic acid groups (broad SMARTS) is 1.